The lowest BCUT2D eigenvalue weighted by Crippen LogP contribution is -2.46. The fourth-order valence-corrected chi connectivity index (χ4v) is 3.91. The van der Waals surface area contributed by atoms with E-state index < -0.39 is 11.6 Å². The Labute approximate surface area is 192 Å². The molecule has 0 spiro atoms. The molecule has 1 atom stereocenters. The zero-order chi connectivity index (χ0) is 23.2. The van der Waals surface area contributed by atoms with E-state index in [-0.39, 0.29) is 11.9 Å². The van der Waals surface area contributed by atoms with Crippen molar-refractivity contribution in [3.63, 3.8) is 0 Å². The van der Waals surface area contributed by atoms with Gasteiger partial charge in [-0.3, -0.25) is 4.79 Å². The number of pyridine rings is 1. The van der Waals surface area contributed by atoms with E-state index in [1.807, 2.05) is 43.5 Å². The molecule has 2 aromatic carbocycles. The van der Waals surface area contributed by atoms with E-state index >= 15 is 0 Å². The molecular formula is C26H26F2N4O. The molecule has 1 amide bonds. The van der Waals surface area contributed by atoms with Crippen LogP contribution >= 0.6 is 0 Å². The SMILES string of the molecule is CC(NC(=O)C=Cc1cc(F)cc(F)c1)c1cccc(N2CCN(c3ccccn3)CC2)c1. The van der Waals surface area contributed by atoms with Crippen molar-refractivity contribution >= 4 is 23.5 Å². The van der Waals surface area contributed by atoms with Crippen LogP contribution in [0.2, 0.25) is 0 Å². The standard InChI is InChI=1S/C26H26F2N4O/c1-19(30-26(33)9-8-20-15-22(27)18-23(28)16-20)21-5-4-6-24(17-21)31-11-13-32(14-12-31)25-7-2-3-10-29-25/h2-10,15-19H,11-14H2,1H3,(H,30,33). The van der Waals surface area contributed by atoms with E-state index in [0.29, 0.717) is 5.56 Å². The molecule has 2 heterocycles. The van der Waals surface area contributed by atoms with Crippen molar-refractivity contribution in [1.29, 1.82) is 0 Å². The van der Waals surface area contributed by atoms with E-state index in [2.05, 4.69) is 32.2 Å². The molecular weight excluding hydrogens is 422 g/mol. The lowest BCUT2D eigenvalue weighted by molar-refractivity contribution is -0.117. The molecule has 170 valence electrons. The van der Waals surface area contributed by atoms with Crippen LogP contribution in [-0.4, -0.2) is 37.1 Å². The largest absolute Gasteiger partial charge is 0.368 e. The molecule has 7 heteroatoms. The molecule has 1 saturated heterocycles. The van der Waals surface area contributed by atoms with Gasteiger partial charge in [-0.15, -0.1) is 0 Å². The molecule has 0 aliphatic carbocycles. The first kappa shape index (κ1) is 22.5. The number of rotatable bonds is 6. The van der Waals surface area contributed by atoms with Crippen LogP contribution in [0.4, 0.5) is 20.3 Å². The van der Waals surface area contributed by atoms with Crippen molar-refractivity contribution in [3.8, 4) is 0 Å². The monoisotopic (exact) mass is 448 g/mol. The molecule has 33 heavy (non-hydrogen) atoms. The number of carbonyl (C=O) groups excluding carboxylic acids is 1. The summed E-state index contributed by atoms with van der Waals surface area (Å²) in [7, 11) is 0. The summed E-state index contributed by atoms with van der Waals surface area (Å²) in [5.41, 5.74) is 2.39. The molecule has 1 fully saturated rings. The third-order valence-corrected chi connectivity index (χ3v) is 5.66. The topological polar surface area (TPSA) is 48.5 Å². The minimum Gasteiger partial charge on any atom is -0.368 e. The molecule has 5 nitrogen and oxygen atoms in total. The van der Waals surface area contributed by atoms with Gasteiger partial charge >= 0.3 is 0 Å². The van der Waals surface area contributed by atoms with Crippen LogP contribution in [0, 0.1) is 11.6 Å². The van der Waals surface area contributed by atoms with Gasteiger partial charge in [0.1, 0.15) is 17.5 Å². The number of amides is 1. The van der Waals surface area contributed by atoms with Crippen LogP contribution in [0.5, 0.6) is 0 Å². The summed E-state index contributed by atoms with van der Waals surface area (Å²) < 4.78 is 26.6. The van der Waals surface area contributed by atoms with Gasteiger partial charge in [0.05, 0.1) is 6.04 Å². The summed E-state index contributed by atoms with van der Waals surface area (Å²) in [5.74, 6) is -0.694. The summed E-state index contributed by atoms with van der Waals surface area (Å²) in [6.45, 7) is 5.45. The minimum atomic E-state index is -0.680. The summed E-state index contributed by atoms with van der Waals surface area (Å²) in [6.07, 6.45) is 4.49. The van der Waals surface area contributed by atoms with E-state index in [4.69, 9.17) is 0 Å². The van der Waals surface area contributed by atoms with Crippen LogP contribution in [-0.2, 0) is 4.79 Å². The predicted molar refractivity (Wildman–Crippen MR) is 127 cm³/mol. The quantitative estimate of drug-likeness (QED) is 0.561. The fourth-order valence-electron chi connectivity index (χ4n) is 3.91. The maximum Gasteiger partial charge on any atom is 0.244 e. The Kier molecular flexibility index (Phi) is 6.98. The highest BCUT2D eigenvalue weighted by atomic mass is 19.1. The highest BCUT2D eigenvalue weighted by Gasteiger charge is 2.19. The zero-order valence-corrected chi connectivity index (χ0v) is 18.4. The van der Waals surface area contributed by atoms with Gasteiger partial charge in [0, 0.05) is 50.2 Å². The lowest BCUT2D eigenvalue weighted by atomic mass is 10.1. The summed E-state index contributed by atoms with van der Waals surface area (Å²) in [5, 5.41) is 2.91. The Morgan fingerprint density at radius 1 is 0.970 bits per heavy atom. The molecule has 0 radical (unpaired) electrons. The first-order valence-corrected chi connectivity index (χ1v) is 10.9. The Morgan fingerprint density at radius 3 is 2.39 bits per heavy atom. The molecule has 0 bridgehead atoms. The van der Waals surface area contributed by atoms with Crippen LogP contribution in [0.25, 0.3) is 6.08 Å². The Bertz CT molecular complexity index is 1110. The fraction of sp³-hybridized carbons (Fsp3) is 0.231. The second-order valence-electron chi connectivity index (χ2n) is 8.02. The van der Waals surface area contributed by atoms with Gasteiger partial charge in [0.25, 0.3) is 0 Å². The van der Waals surface area contributed by atoms with E-state index in [1.54, 1.807) is 0 Å². The maximum atomic E-state index is 13.3. The first-order valence-electron chi connectivity index (χ1n) is 10.9. The first-order chi connectivity index (χ1) is 16.0. The van der Waals surface area contributed by atoms with Crippen molar-refractivity contribution in [3.05, 3.63) is 95.7 Å². The average molecular weight is 449 g/mol. The van der Waals surface area contributed by atoms with Gasteiger partial charge in [-0.1, -0.05) is 18.2 Å². The number of piperazine rings is 1. The van der Waals surface area contributed by atoms with E-state index in [0.717, 1.165) is 49.3 Å². The van der Waals surface area contributed by atoms with Crippen LogP contribution in [0.15, 0.2) is 72.9 Å². The predicted octanol–water partition coefficient (Wildman–Crippen LogP) is 4.58. The van der Waals surface area contributed by atoms with Crippen LogP contribution < -0.4 is 15.1 Å². The number of aromatic nitrogens is 1. The third kappa shape index (κ3) is 5.94. The second-order valence-corrected chi connectivity index (χ2v) is 8.02. The average Bonchev–Trinajstić information content (AvgIpc) is 2.83. The number of nitrogens with zero attached hydrogens (tertiary/aromatic N) is 3. The molecule has 4 rings (SSSR count). The molecule has 1 aliphatic heterocycles. The smallest absolute Gasteiger partial charge is 0.244 e. The Morgan fingerprint density at radius 2 is 1.70 bits per heavy atom. The number of hydrogen-bond donors (Lipinski definition) is 1. The number of halogens is 2. The van der Waals surface area contributed by atoms with Gasteiger partial charge in [-0.2, -0.15) is 0 Å². The molecule has 1 aliphatic rings. The summed E-state index contributed by atoms with van der Waals surface area (Å²) in [4.78, 5) is 21.4. The molecule has 1 unspecified atom stereocenters. The number of nitrogens with one attached hydrogen (secondary N) is 1. The molecule has 1 N–H and O–H groups in total. The summed E-state index contributed by atoms with van der Waals surface area (Å²) >= 11 is 0. The number of anilines is 2. The van der Waals surface area contributed by atoms with E-state index in [9.17, 15) is 13.6 Å². The van der Waals surface area contributed by atoms with Crippen molar-refractivity contribution in [2.24, 2.45) is 0 Å². The van der Waals surface area contributed by atoms with Crippen molar-refractivity contribution in [2.75, 3.05) is 36.0 Å². The summed E-state index contributed by atoms with van der Waals surface area (Å²) in [6, 6.07) is 17.0. The molecule has 3 aromatic rings. The Balaban J connectivity index is 1.35. The van der Waals surface area contributed by atoms with Gasteiger partial charge in [-0.05, 0) is 60.5 Å². The van der Waals surface area contributed by atoms with Crippen molar-refractivity contribution < 1.29 is 13.6 Å². The number of hydrogen-bond acceptors (Lipinski definition) is 4. The molecule has 1 aromatic heterocycles. The Hall–Kier alpha value is -3.74. The highest BCUT2D eigenvalue weighted by molar-refractivity contribution is 5.92. The second kappa shape index (κ2) is 10.3. The van der Waals surface area contributed by atoms with Gasteiger partial charge in [0.15, 0.2) is 0 Å². The molecule has 0 saturated carbocycles. The van der Waals surface area contributed by atoms with E-state index in [1.165, 1.54) is 24.3 Å². The third-order valence-electron chi connectivity index (χ3n) is 5.66. The lowest BCUT2D eigenvalue weighted by Gasteiger charge is -2.37. The van der Waals surface area contributed by atoms with Crippen LogP contribution in [0.1, 0.15) is 24.1 Å². The van der Waals surface area contributed by atoms with Gasteiger partial charge < -0.3 is 15.1 Å². The maximum absolute atomic E-state index is 13.3. The van der Waals surface area contributed by atoms with Gasteiger partial charge in [0.2, 0.25) is 5.91 Å². The zero-order valence-electron chi connectivity index (χ0n) is 18.4. The number of benzene rings is 2. The van der Waals surface area contributed by atoms with Gasteiger partial charge in [-0.25, -0.2) is 13.8 Å². The van der Waals surface area contributed by atoms with Crippen LogP contribution in [0.3, 0.4) is 0 Å². The van der Waals surface area contributed by atoms with Crippen molar-refractivity contribution in [1.82, 2.24) is 10.3 Å². The minimum absolute atomic E-state index is 0.221. The number of carbonyl (C=O) groups is 1. The highest BCUT2D eigenvalue weighted by Crippen LogP contribution is 2.23. The van der Waals surface area contributed by atoms with Crippen molar-refractivity contribution in [2.45, 2.75) is 13.0 Å². The normalized spacial score (nSPS) is 15.0.